The van der Waals surface area contributed by atoms with Crippen LogP contribution in [0.25, 0.3) is 5.65 Å². The zero-order valence-corrected chi connectivity index (χ0v) is 12.9. The van der Waals surface area contributed by atoms with Gasteiger partial charge in [-0.1, -0.05) is 18.2 Å². The SMILES string of the molecule is O=C(Cc1cccc(F)c1)OCCCn1nc2ccccn2c1=O. The van der Waals surface area contributed by atoms with Gasteiger partial charge in [0, 0.05) is 19.2 Å². The molecular formula is C17H16FN3O3. The van der Waals surface area contributed by atoms with Crippen LogP contribution in [0.15, 0.2) is 53.5 Å². The van der Waals surface area contributed by atoms with Crippen LogP contribution >= 0.6 is 0 Å². The Kier molecular flexibility index (Phi) is 4.69. The van der Waals surface area contributed by atoms with Crippen molar-refractivity contribution in [3.63, 3.8) is 0 Å². The molecule has 2 aromatic heterocycles. The fourth-order valence-electron chi connectivity index (χ4n) is 2.38. The summed E-state index contributed by atoms with van der Waals surface area (Å²) in [4.78, 5) is 23.8. The van der Waals surface area contributed by atoms with E-state index in [-0.39, 0.29) is 24.5 Å². The van der Waals surface area contributed by atoms with E-state index in [1.807, 2.05) is 0 Å². The van der Waals surface area contributed by atoms with Crippen LogP contribution in [0.3, 0.4) is 0 Å². The van der Waals surface area contributed by atoms with Gasteiger partial charge in [0.25, 0.3) is 0 Å². The van der Waals surface area contributed by atoms with Crippen molar-refractivity contribution in [1.82, 2.24) is 14.2 Å². The molecule has 0 saturated heterocycles. The summed E-state index contributed by atoms with van der Waals surface area (Å²) in [6.07, 6.45) is 2.14. The molecule has 3 aromatic rings. The van der Waals surface area contributed by atoms with Crippen molar-refractivity contribution in [1.29, 1.82) is 0 Å². The zero-order valence-electron chi connectivity index (χ0n) is 12.9. The van der Waals surface area contributed by atoms with Gasteiger partial charge < -0.3 is 4.74 Å². The van der Waals surface area contributed by atoms with Crippen molar-refractivity contribution in [3.05, 3.63) is 70.5 Å². The lowest BCUT2D eigenvalue weighted by atomic mass is 10.1. The molecule has 6 nitrogen and oxygen atoms in total. The van der Waals surface area contributed by atoms with Crippen molar-refractivity contribution in [2.75, 3.05) is 6.61 Å². The molecule has 0 aliphatic heterocycles. The number of aromatic nitrogens is 3. The van der Waals surface area contributed by atoms with Gasteiger partial charge in [-0.05, 0) is 29.8 Å². The Labute approximate surface area is 137 Å². The predicted octanol–water partition coefficient (Wildman–Crippen LogP) is 1.81. The topological polar surface area (TPSA) is 65.6 Å². The molecule has 0 aliphatic rings. The van der Waals surface area contributed by atoms with E-state index in [9.17, 15) is 14.0 Å². The van der Waals surface area contributed by atoms with Gasteiger partial charge in [0.05, 0.1) is 13.0 Å². The number of hydrogen-bond acceptors (Lipinski definition) is 4. The third kappa shape index (κ3) is 3.68. The average molecular weight is 329 g/mol. The number of hydrogen-bond donors (Lipinski definition) is 0. The molecule has 0 amide bonds. The molecule has 3 rings (SSSR count). The first-order valence-electron chi connectivity index (χ1n) is 7.58. The highest BCUT2D eigenvalue weighted by Gasteiger charge is 2.08. The molecule has 0 fully saturated rings. The second-order valence-corrected chi connectivity index (χ2v) is 5.32. The van der Waals surface area contributed by atoms with E-state index < -0.39 is 5.97 Å². The van der Waals surface area contributed by atoms with E-state index in [2.05, 4.69) is 5.10 Å². The summed E-state index contributed by atoms with van der Waals surface area (Å²) in [5.74, 6) is -0.811. The Bertz CT molecular complexity index is 917. The maximum atomic E-state index is 13.0. The van der Waals surface area contributed by atoms with E-state index in [0.29, 0.717) is 24.2 Å². The molecule has 0 N–H and O–H groups in total. The molecule has 7 heteroatoms. The first kappa shape index (κ1) is 15.9. The van der Waals surface area contributed by atoms with Gasteiger partial charge in [-0.2, -0.15) is 0 Å². The molecule has 0 spiro atoms. The van der Waals surface area contributed by atoms with Crippen LogP contribution in [0.2, 0.25) is 0 Å². The van der Waals surface area contributed by atoms with Gasteiger partial charge in [-0.25, -0.2) is 13.9 Å². The predicted molar refractivity (Wildman–Crippen MR) is 85.1 cm³/mol. The highest BCUT2D eigenvalue weighted by atomic mass is 19.1. The van der Waals surface area contributed by atoms with Crippen LogP contribution in [0.1, 0.15) is 12.0 Å². The molecule has 1 aromatic carbocycles. The summed E-state index contributed by atoms with van der Waals surface area (Å²) in [5.41, 5.74) is 0.916. The minimum Gasteiger partial charge on any atom is -0.465 e. The summed E-state index contributed by atoms with van der Waals surface area (Å²) in [6, 6.07) is 11.2. The number of fused-ring (bicyclic) bond motifs is 1. The number of carbonyl (C=O) groups is 1. The first-order chi connectivity index (χ1) is 11.6. The molecule has 0 saturated carbocycles. The maximum absolute atomic E-state index is 13.0. The van der Waals surface area contributed by atoms with Crippen molar-refractivity contribution >= 4 is 11.6 Å². The molecule has 0 aliphatic carbocycles. The van der Waals surface area contributed by atoms with Crippen molar-refractivity contribution < 1.29 is 13.9 Å². The minimum absolute atomic E-state index is 0.0199. The average Bonchev–Trinajstić information content (AvgIpc) is 2.88. The van der Waals surface area contributed by atoms with Crippen LogP contribution in [-0.4, -0.2) is 26.8 Å². The number of aryl methyl sites for hydroxylation is 1. The minimum atomic E-state index is -0.428. The molecule has 0 atom stereocenters. The maximum Gasteiger partial charge on any atom is 0.350 e. The summed E-state index contributed by atoms with van der Waals surface area (Å²) < 4.78 is 21.0. The molecule has 2 heterocycles. The molecule has 0 radical (unpaired) electrons. The van der Waals surface area contributed by atoms with E-state index in [0.717, 1.165) is 0 Å². The zero-order chi connectivity index (χ0) is 16.9. The lowest BCUT2D eigenvalue weighted by Crippen LogP contribution is -2.22. The van der Waals surface area contributed by atoms with E-state index >= 15 is 0 Å². The van der Waals surface area contributed by atoms with Crippen LogP contribution < -0.4 is 5.69 Å². The molecular weight excluding hydrogens is 313 g/mol. The lowest BCUT2D eigenvalue weighted by molar-refractivity contribution is -0.143. The largest absolute Gasteiger partial charge is 0.465 e. The number of esters is 1. The Balaban J connectivity index is 1.49. The smallest absolute Gasteiger partial charge is 0.350 e. The lowest BCUT2D eigenvalue weighted by Gasteiger charge is -2.05. The highest BCUT2D eigenvalue weighted by molar-refractivity contribution is 5.72. The number of pyridine rings is 1. The summed E-state index contributed by atoms with van der Waals surface area (Å²) >= 11 is 0. The Morgan fingerprint density at radius 3 is 2.88 bits per heavy atom. The van der Waals surface area contributed by atoms with Gasteiger partial charge >= 0.3 is 11.7 Å². The number of carbonyl (C=O) groups excluding carboxylic acids is 1. The summed E-state index contributed by atoms with van der Waals surface area (Å²) in [5, 5.41) is 4.19. The number of nitrogens with zero attached hydrogens (tertiary/aromatic N) is 3. The third-order valence-electron chi connectivity index (χ3n) is 3.50. The molecule has 24 heavy (non-hydrogen) atoms. The Morgan fingerprint density at radius 1 is 1.21 bits per heavy atom. The van der Waals surface area contributed by atoms with Crippen LogP contribution in [0.4, 0.5) is 4.39 Å². The van der Waals surface area contributed by atoms with Gasteiger partial charge in [0.2, 0.25) is 0 Å². The summed E-state index contributed by atoms with van der Waals surface area (Å²) in [6.45, 7) is 0.530. The highest BCUT2D eigenvalue weighted by Crippen LogP contribution is 2.05. The third-order valence-corrected chi connectivity index (χ3v) is 3.50. The molecule has 0 bridgehead atoms. The number of halogens is 1. The van der Waals surface area contributed by atoms with Gasteiger partial charge in [-0.3, -0.25) is 9.20 Å². The standard InChI is InChI=1S/C17H16FN3O3/c18-14-6-3-5-13(11-14)12-16(22)24-10-4-9-21-17(23)20-8-2-1-7-15(20)19-21/h1-3,5-8,11H,4,9-10,12H2. The van der Waals surface area contributed by atoms with E-state index in [1.165, 1.54) is 21.2 Å². The monoisotopic (exact) mass is 329 g/mol. The quantitative estimate of drug-likeness (QED) is 0.511. The van der Waals surface area contributed by atoms with Crippen molar-refractivity contribution in [2.45, 2.75) is 19.4 Å². The van der Waals surface area contributed by atoms with Crippen LogP contribution in [-0.2, 0) is 22.5 Å². The second kappa shape index (κ2) is 7.08. The number of ether oxygens (including phenoxy) is 1. The Hall–Kier alpha value is -2.96. The van der Waals surface area contributed by atoms with Crippen molar-refractivity contribution in [3.8, 4) is 0 Å². The van der Waals surface area contributed by atoms with Crippen LogP contribution in [0.5, 0.6) is 0 Å². The van der Waals surface area contributed by atoms with Crippen molar-refractivity contribution in [2.24, 2.45) is 0 Å². The molecule has 0 unspecified atom stereocenters. The second-order valence-electron chi connectivity index (χ2n) is 5.32. The summed E-state index contributed by atoms with van der Waals surface area (Å²) in [7, 11) is 0. The van der Waals surface area contributed by atoms with Gasteiger partial charge in [-0.15, -0.1) is 5.10 Å². The first-order valence-corrected chi connectivity index (χ1v) is 7.58. The van der Waals surface area contributed by atoms with Crippen LogP contribution in [0, 0.1) is 5.82 Å². The van der Waals surface area contributed by atoms with E-state index in [1.54, 1.807) is 36.5 Å². The molecule has 124 valence electrons. The van der Waals surface area contributed by atoms with Gasteiger partial charge in [0.15, 0.2) is 5.65 Å². The fraction of sp³-hybridized carbons (Fsp3) is 0.235. The van der Waals surface area contributed by atoms with Gasteiger partial charge in [0.1, 0.15) is 5.82 Å². The normalized spacial score (nSPS) is 10.9. The Morgan fingerprint density at radius 2 is 2.08 bits per heavy atom. The fourth-order valence-corrected chi connectivity index (χ4v) is 2.38. The number of benzene rings is 1. The van der Waals surface area contributed by atoms with E-state index in [4.69, 9.17) is 4.74 Å². The number of rotatable bonds is 6.